The zero-order chi connectivity index (χ0) is 16.2. The normalized spacial score (nSPS) is 12.8. The van der Waals surface area contributed by atoms with E-state index >= 15 is 0 Å². The maximum Gasteiger partial charge on any atom is 0.331 e. The maximum absolute atomic E-state index is 10.9. The molecule has 0 amide bonds. The molecule has 2 N–H and O–H groups in total. The van der Waals surface area contributed by atoms with Crippen LogP contribution in [0.3, 0.4) is 0 Å². The van der Waals surface area contributed by atoms with Gasteiger partial charge >= 0.3 is 7.60 Å². The van der Waals surface area contributed by atoms with Gasteiger partial charge in [-0.3, -0.25) is 4.57 Å². The summed E-state index contributed by atoms with van der Waals surface area (Å²) in [4.78, 5) is 17.9. The first kappa shape index (κ1) is 21.1. The van der Waals surface area contributed by atoms with Gasteiger partial charge in [0, 0.05) is 0 Å². The minimum atomic E-state index is -3.84. The highest BCUT2D eigenvalue weighted by atomic mass is 31.2. The van der Waals surface area contributed by atoms with Gasteiger partial charge in [-0.05, 0) is 12.8 Å². The van der Waals surface area contributed by atoms with Crippen molar-refractivity contribution in [3.63, 3.8) is 0 Å². The van der Waals surface area contributed by atoms with Crippen molar-refractivity contribution in [2.45, 2.75) is 71.1 Å². The van der Waals surface area contributed by atoms with E-state index in [1.165, 1.54) is 57.8 Å². The van der Waals surface area contributed by atoms with Crippen LogP contribution in [0.1, 0.15) is 71.1 Å². The van der Waals surface area contributed by atoms with Gasteiger partial charge in [-0.15, -0.1) is 0 Å². The van der Waals surface area contributed by atoms with Crippen LogP contribution in [-0.4, -0.2) is 47.6 Å². The Morgan fingerprint density at radius 2 is 1.19 bits per heavy atom. The molecule has 0 saturated heterocycles. The largest absolute Gasteiger partial charge is 0.331 e. The van der Waals surface area contributed by atoms with E-state index in [2.05, 4.69) is 21.0 Å². The van der Waals surface area contributed by atoms with Crippen molar-refractivity contribution in [3.05, 3.63) is 0 Å². The fourth-order valence-electron chi connectivity index (χ4n) is 2.54. The SMILES string of the molecule is CCCCCCCCCCCC[N+](C)(C)CCP(=O)(O)O. The molecule has 0 aromatic rings. The Morgan fingerprint density at radius 3 is 1.62 bits per heavy atom. The lowest BCUT2D eigenvalue weighted by Gasteiger charge is -2.29. The Labute approximate surface area is 131 Å². The van der Waals surface area contributed by atoms with Crippen LogP contribution in [0.25, 0.3) is 0 Å². The lowest BCUT2D eigenvalue weighted by atomic mass is 10.1. The second-order valence-electron chi connectivity index (χ2n) is 6.95. The molecule has 21 heavy (non-hydrogen) atoms. The van der Waals surface area contributed by atoms with Gasteiger partial charge in [-0.2, -0.15) is 0 Å². The number of rotatable bonds is 14. The van der Waals surface area contributed by atoms with E-state index in [-0.39, 0.29) is 6.16 Å². The highest BCUT2D eigenvalue weighted by molar-refractivity contribution is 7.51. The number of hydrogen-bond acceptors (Lipinski definition) is 1. The highest BCUT2D eigenvalue weighted by Gasteiger charge is 2.21. The number of nitrogens with zero attached hydrogens (tertiary/aromatic N) is 1. The quantitative estimate of drug-likeness (QED) is 0.287. The third-order valence-electron chi connectivity index (χ3n) is 4.11. The minimum absolute atomic E-state index is 0.00222. The average Bonchev–Trinajstić information content (AvgIpc) is 2.38. The van der Waals surface area contributed by atoms with Gasteiger partial charge in [0.2, 0.25) is 0 Å². The molecule has 0 heterocycles. The second kappa shape index (κ2) is 11.6. The molecule has 0 aliphatic heterocycles. The number of quaternary nitrogens is 1. The predicted octanol–water partition coefficient (Wildman–Crippen LogP) is 4.16. The van der Waals surface area contributed by atoms with Gasteiger partial charge in [0.05, 0.1) is 33.3 Å². The average molecular weight is 322 g/mol. The Bertz CT molecular complexity index is 289. The second-order valence-corrected chi connectivity index (χ2v) is 8.73. The van der Waals surface area contributed by atoms with E-state index in [0.29, 0.717) is 11.0 Å². The molecule has 0 fully saturated rings. The summed E-state index contributed by atoms with van der Waals surface area (Å²) in [6.45, 7) is 3.82. The van der Waals surface area contributed by atoms with E-state index in [4.69, 9.17) is 9.79 Å². The summed E-state index contributed by atoms with van der Waals surface area (Å²) < 4.78 is 11.6. The van der Waals surface area contributed by atoms with Crippen LogP contribution in [-0.2, 0) is 4.57 Å². The molecule has 0 aromatic carbocycles. The Kier molecular flexibility index (Phi) is 11.7. The first-order valence-corrected chi connectivity index (χ1v) is 10.4. The first-order valence-electron chi connectivity index (χ1n) is 8.63. The highest BCUT2D eigenvalue weighted by Crippen LogP contribution is 2.34. The van der Waals surface area contributed by atoms with Crippen molar-refractivity contribution >= 4 is 7.60 Å². The fourth-order valence-corrected chi connectivity index (χ4v) is 3.34. The number of unbranched alkanes of at least 4 members (excludes halogenated alkanes) is 9. The van der Waals surface area contributed by atoms with Crippen molar-refractivity contribution in [1.82, 2.24) is 0 Å². The van der Waals surface area contributed by atoms with Crippen molar-refractivity contribution < 1.29 is 18.8 Å². The lowest BCUT2D eigenvalue weighted by Crippen LogP contribution is -2.42. The molecule has 0 atom stereocenters. The van der Waals surface area contributed by atoms with Crippen LogP contribution >= 0.6 is 7.60 Å². The topological polar surface area (TPSA) is 57.5 Å². The molecule has 0 aliphatic rings. The molecule has 0 aromatic heterocycles. The molecular formula is C16H37NO3P+. The minimum Gasteiger partial charge on any atom is -0.328 e. The summed E-state index contributed by atoms with van der Waals surface area (Å²) in [7, 11) is 0.274. The zero-order valence-corrected chi connectivity index (χ0v) is 15.3. The fraction of sp³-hybridized carbons (Fsp3) is 1.00. The lowest BCUT2D eigenvalue weighted by molar-refractivity contribution is -0.888. The van der Waals surface area contributed by atoms with Crippen LogP contribution in [0.2, 0.25) is 0 Å². The van der Waals surface area contributed by atoms with Crippen LogP contribution < -0.4 is 0 Å². The van der Waals surface area contributed by atoms with E-state index in [0.717, 1.165) is 13.0 Å². The van der Waals surface area contributed by atoms with Crippen LogP contribution in [0.15, 0.2) is 0 Å². The summed E-state index contributed by atoms with van der Waals surface area (Å²) in [6, 6.07) is 0. The van der Waals surface area contributed by atoms with Gasteiger partial charge < -0.3 is 14.3 Å². The van der Waals surface area contributed by atoms with E-state index < -0.39 is 7.60 Å². The zero-order valence-electron chi connectivity index (χ0n) is 14.4. The van der Waals surface area contributed by atoms with Gasteiger partial charge in [0.15, 0.2) is 0 Å². The summed E-state index contributed by atoms with van der Waals surface area (Å²) in [5.74, 6) is 0. The van der Waals surface area contributed by atoms with Crippen molar-refractivity contribution in [2.75, 3.05) is 33.3 Å². The van der Waals surface area contributed by atoms with Crippen LogP contribution in [0.4, 0.5) is 0 Å². The molecular weight excluding hydrogens is 285 g/mol. The Hall–Kier alpha value is 0.110. The summed E-state index contributed by atoms with van der Waals surface area (Å²) >= 11 is 0. The monoisotopic (exact) mass is 322 g/mol. The van der Waals surface area contributed by atoms with E-state index in [1.807, 2.05) is 0 Å². The van der Waals surface area contributed by atoms with Gasteiger partial charge in [0.1, 0.15) is 0 Å². The Morgan fingerprint density at radius 1 is 0.762 bits per heavy atom. The van der Waals surface area contributed by atoms with E-state index in [1.54, 1.807) is 0 Å². The maximum atomic E-state index is 10.9. The van der Waals surface area contributed by atoms with Crippen LogP contribution in [0.5, 0.6) is 0 Å². The van der Waals surface area contributed by atoms with Crippen LogP contribution in [0, 0.1) is 0 Å². The summed E-state index contributed by atoms with van der Waals surface area (Å²) in [5.41, 5.74) is 0. The molecule has 5 heteroatoms. The molecule has 0 unspecified atom stereocenters. The molecule has 0 radical (unpaired) electrons. The van der Waals surface area contributed by atoms with Crippen molar-refractivity contribution in [3.8, 4) is 0 Å². The van der Waals surface area contributed by atoms with Gasteiger partial charge in [0.25, 0.3) is 0 Å². The molecule has 0 rings (SSSR count). The van der Waals surface area contributed by atoms with Gasteiger partial charge in [-0.25, -0.2) is 0 Å². The third-order valence-corrected chi connectivity index (χ3v) is 4.90. The Balaban J connectivity index is 3.42. The van der Waals surface area contributed by atoms with Crippen molar-refractivity contribution in [1.29, 1.82) is 0 Å². The molecule has 0 bridgehead atoms. The molecule has 4 nitrogen and oxygen atoms in total. The first-order chi connectivity index (χ1) is 9.77. The summed E-state index contributed by atoms with van der Waals surface area (Å²) in [6.07, 6.45) is 13.2. The molecule has 0 spiro atoms. The molecule has 128 valence electrons. The summed E-state index contributed by atoms with van der Waals surface area (Å²) in [5, 5.41) is 0. The standard InChI is InChI=1S/C16H36NO3P/c1-4-5-6-7-8-9-10-11-12-13-14-17(2,3)15-16-21(18,19)20/h4-16H2,1-3H3,(H-,18,19,20)/p+1. The third kappa shape index (κ3) is 16.3. The smallest absolute Gasteiger partial charge is 0.328 e. The molecule has 0 aliphatic carbocycles. The predicted molar refractivity (Wildman–Crippen MR) is 90.6 cm³/mol. The van der Waals surface area contributed by atoms with Crippen molar-refractivity contribution in [2.24, 2.45) is 0 Å². The van der Waals surface area contributed by atoms with E-state index in [9.17, 15) is 4.57 Å². The van der Waals surface area contributed by atoms with Gasteiger partial charge in [-0.1, -0.05) is 58.3 Å². The number of hydrogen-bond donors (Lipinski definition) is 2. The molecule has 0 saturated carbocycles.